The molecule has 0 saturated carbocycles. The zero-order valence-electron chi connectivity index (χ0n) is 22.1. The van der Waals surface area contributed by atoms with Gasteiger partial charge in [-0.15, -0.1) is 28.3 Å². The number of hydrogen-bond acceptors (Lipinski definition) is 9. The number of cyclic esters (lactones) is 1. The summed E-state index contributed by atoms with van der Waals surface area (Å²) in [6.45, 7) is -0.388. The number of anilines is 2. The molecule has 1 aromatic carbocycles. The van der Waals surface area contributed by atoms with E-state index in [-0.39, 0.29) is 72.1 Å². The van der Waals surface area contributed by atoms with Crippen molar-refractivity contribution in [3.63, 3.8) is 0 Å². The second kappa shape index (κ2) is 14.2. The monoisotopic (exact) mass is 675 g/mol. The van der Waals surface area contributed by atoms with Crippen LogP contribution in [0.25, 0.3) is 0 Å². The van der Waals surface area contributed by atoms with Crippen molar-refractivity contribution in [2.45, 2.75) is 6.10 Å². The number of morpholine rings is 1. The maximum absolute atomic E-state index is 15.1. The summed E-state index contributed by atoms with van der Waals surface area (Å²) in [5.74, 6) is -2.79. The van der Waals surface area contributed by atoms with Crippen LogP contribution >= 0.6 is 39.9 Å². The van der Waals surface area contributed by atoms with Crippen molar-refractivity contribution in [3.8, 4) is 0 Å². The SMILES string of the molecule is Br.CNCC(=O)N(C)CC(=O)N(C[C@H]1CN(c2ccc(N3CCOCC3=O)cc2F)C(=O)O1)C(=O)c1ccc(Cl)s1. The molecule has 16 heteroatoms. The number of imide groups is 1. The van der Waals surface area contributed by atoms with Crippen LogP contribution in [-0.2, 0) is 23.9 Å². The van der Waals surface area contributed by atoms with Crippen LogP contribution in [0.4, 0.5) is 20.6 Å². The molecule has 2 saturated heterocycles. The van der Waals surface area contributed by atoms with Gasteiger partial charge in [0.2, 0.25) is 11.8 Å². The molecule has 2 fully saturated rings. The van der Waals surface area contributed by atoms with Crippen LogP contribution in [0, 0.1) is 5.82 Å². The molecule has 3 heterocycles. The van der Waals surface area contributed by atoms with Crippen molar-refractivity contribution in [2.75, 3.05) is 69.8 Å². The van der Waals surface area contributed by atoms with E-state index in [0.717, 1.165) is 27.2 Å². The van der Waals surface area contributed by atoms with Gasteiger partial charge in [-0.25, -0.2) is 9.18 Å². The summed E-state index contributed by atoms with van der Waals surface area (Å²) in [4.78, 5) is 68.1. The summed E-state index contributed by atoms with van der Waals surface area (Å²) in [7, 11) is 3.01. The molecule has 1 N–H and O–H groups in total. The minimum Gasteiger partial charge on any atom is -0.442 e. The molecule has 1 aromatic heterocycles. The number of halogens is 3. The maximum atomic E-state index is 15.1. The molecule has 41 heavy (non-hydrogen) atoms. The Bertz CT molecular complexity index is 1330. The summed E-state index contributed by atoms with van der Waals surface area (Å²) in [6.07, 6.45) is -1.84. The first-order valence-electron chi connectivity index (χ1n) is 12.2. The van der Waals surface area contributed by atoms with Crippen LogP contribution in [0.15, 0.2) is 30.3 Å². The Labute approximate surface area is 254 Å². The largest absolute Gasteiger partial charge is 0.442 e. The van der Waals surface area contributed by atoms with Gasteiger partial charge < -0.3 is 24.6 Å². The summed E-state index contributed by atoms with van der Waals surface area (Å²) in [5, 5.41) is 2.70. The van der Waals surface area contributed by atoms with Crippen LogP contribution in [-0.4, -0.2) is 106 Å². The standard InChI is InChI=1S/C25H27ClFN5O7S.BrH/c1-28-10-21(33)29(2)13-22(34)32(24(36)19-5-6-20(26)40-19)12-16-11-31(25(37)39-16)18-4-3-15(9-17(18)27)30-7-8-38-14-23(30)35;/h3-6,9,16,28H,7-8,10-14H2,1-2H3;1H/t16-;/m1./s1. The first kappa shape index (κ1) is 32.4. The van der Waals surface area contributed by atoms with E-state index in [4.69, 9.17) is 21.1 Å². The Kier molecular flexibility index (Phi) is 11.2. The molecular formula is C25H28BrClFN5O7S. The van der Waals surface area contributed by atoms with Gasteiger partial charge in [0.05, 0.1) is 47.7 Å². The third kappa shape index (κ3) is 7.60. The van der Waals surface area contributed by atoms with Crippen LogP contribution in [0.5, 0.6) is 0 Å². The fourth-order valence-electron chi connectivity index (χ4n) is 4.21. The molecule has 5 amide bonds. The van der Waals surface area contributed by atoms with Gasteiger partial charge in [0, 0.05) is 19.3 Å². The lowest BCUT2D eigenvalue weighted by atomic mass is 10.2. The van der Waals surface area contributed by atoms with Crippen molar-refractivity contribution in [2.24, 2.45) is 0 Å². The molecule has 1 atom stereocenters. The van der Waals surface area contributed by atoms with Crippen molar-refractivity contribution in [3.05, 3.63) is 45.4 Å². The topological polar surface area (TPSA) is 129 Å². The first-order valence-corrected chi connectivity index (χ1v) is 13.4. The van der Waals surface area contributed by atoms with Crippen molar-refractivity contribution in [1.29, 1.82) is 0 Å². The van der Waals surface area contributed by atoms with Crippen molar-refractivity contribution in [1.82, 2.24) is 15.1 Å². The summed E-state index contributed by atoms with van der Waals surface area (Å²) < 4.78 is 25.9. The first-order chi connectivity index (χ1) is 19.1. The predicted molar refractivity (Wildman–Crippen MR) is 154 cm³/mol. The molecule has 0 unspecified atom stereocenters. The third-order valence-electron chi connectivity index (χ3n) is 6.24. The molecule has 0 aliphatic carbocycles. The summed E-state index contributed by atoms with van der Waals surface area (Å²) in [5.41, 5.74) is 0.246. The number of thiophene rings is 1. The number of nitrogens with one attached hydrogen (secondary N) is 1. The zero-order valence-corrected chi connectivity index (χ0v) is 25.4. The third-order valence-corrected chi connectivity index (χ3v) is 7.46. The molecule has 4 rings (SSSR count). The van der Waals surface area contributed by atoms with Crippen LogP contribution in [0.2, 0.25) is 4.34 Å². The van der Waals surface area contributed by atoms with E-state index >= 15 is 4.39 Å². The highest BCUT2D eigenvalue weighted by Gasteiger charge is 2.38. The van der Waals surface area contributed by atoms with Gasteiger partial charge >= 0.3 is 6.09 Å². The second-order valence-corrected chi connectivity index (χ2v) is 10.8. The second-order valence-electron chi connectivity index (χ2n) is 9.04. The molecule has 2 aromatic rings. The molecule has 0 radical (unpaired) electrons. The number of benzene rings is 1. The Hall–Kier alpha value is -3.11. The normalized spacial score (nSPS) is 16.7. The molecule has 222 valence electrons. The number of amides is 5. The average Bonchev–Trinajstić information content (AvgIpc) is 3.52. The predicted octanol–water partition coefficient (Wildman–Crippen LogP) is 2.15. The molecule has 2 aliphatic rings. The van der Waals surface area contributed by atoms with Gasteiger partial charge in [-0.2, -0.15) is 0 Å². The maximum Gasteiger partial charge on any atom is 0.414 e. The zero-order chi connectivity index (χ0) is 29.0. The Morgan fingerprint density at radius 3 is 2.56 bits per heavy atom. The fraction of sp³-hybridized carbons (Fsp3) is 0.400. The molecule has 0 bridgehead atoms. The minimum atomic E-state index is -0.978. The van der Waals surface area contributed by atoms with E-state index in [0.29, 0.717) is 16.6 Å². The van der Waals surface area contributed by atoms with E-state index in [1.807, 2.05) is 0 Å². The van der Waals surface area contributed by atoms with Gasteiger partial charge in [-0.3, -0.25) is 29.0 Å². The van der Waals surface area contributed by atoms with E-state index in [1.165, 1.54) is 41.1 Å². The molecular weight excluding hydrogens is 649 g/mol. The fourth-order valence-corrected chi connectivity index (χ4v) is 5.21. The number of ether oxygens (including phenoxy) is 2. The van der Waals surface area contributed by atoms with Gasteiger partial charge in [-0.05, 0) is 37.4 Å². The summed E-state index contributed by atoms with van der Waals surface area (Å²) in [6, 6.07) is 7.01. The van der Waals surface area contributed by atoms with Gasteiger partial charge in [0.15, 0.2) is 0 Å². The van der Waals surface area contributed by atoms with E-state index in [9.17, 15) is 24.0 Å². The molecule has 0 spiro atoms. The highest BCUT2D eigenvalue weighted by Crippen LogP contribution is 2.30. The number of nitrogens with zero attached hydrogens (tertiary/aromatic N) is 4. The van der Waals surface area contributed by atoms with Crippen molar-refractivity contribution < 1.29 is 37.8 Å². The van der Waals surface area contributed by atoms with Crippen LogP contribution in [0.3, 0.4) is 0 Å². The summed E-state index contributed by atoms with van der Waals surface area (Å²) >= 11 is 6.95. The number of likely N-dealkylation sites (N-methyl/N-ethyl adjacent to an activating group) is 2. The van der Waals surface area contributed by atoms with Crippen LogP contribution < -0.4 is 15.1 Å². The van der Waals surface area contributed by atoms with E-state index in [1.54, 1.807) is 7.05 Å². The van der Waals surface area contributed by atoms with Gasteiger partial charge in [0.25, 0.3) is 11.8 Å². The van der Waals surface area contributed by atoms with Gasteiger partial charge in [-0.1, -0.05) is 11.6 Å². The van der Waals surface area contributed by atoms with Crippen molar-refractivity contribution >= 4 is 81.0 Å². The average molecular weight is 677 g/mol. The lowest BCUT2D eigenvalue weighted by molar-refractivity contribution is -0.137. The Morgan fingerprint density at radius 2 is 1.93 bits per heavy atom. The van der Waals surface area contributed by atoms with Gasteiger partial charge in [0.1, 0.15) is 18.5 Å². The molecule has 12 nitrogen and oxygen atoms in total. The quantitative estimate of drug-likeness (QED) is 0.428. The molecule has 2 aliphatic heterocycles. The smallest absolute Gasteiger partial charge is 0.414 e. The highest BCUT2D eigenvalue weighted by atomic mass is 79.9. The minimum absolute atomic E-state index is 0. The lowest BCUT2D eigenvalue weighted by Crippen LogP contribution is -2.48. The Balaban J connectivity index is 0.00000462. The number of carbonyl (C=O) groups excluding carboxylic acids is 5. The number of hydrogen-bond donors (Lipinski definition) is 1. The number of rotatable bonds is 9. The number of carbonyl (C=O) groups is 5. The highest BCUT2D eigenvalue weighted by molar-refractivity contribution is 8.93. The lowest BCUT2D eigenvalue weighted by Gasteiger charge is -2.27. The van der Waals surface area contributed by atoms with Crippen LogP contribution in [0.1, 0.15) is 9.67 Å². The van der Waals surface area contributed by atoms with E-state index in [2.05, 4.69) is 5.32 Å². The Morgan fingerprint density at radius 1 is 1.17 bits per heavy atom. The van der Waals surface area contributed by atoms with E-state index < -0.39 is 36.4 Å².